The molecule has 8 aromatic rings. The average Bonchev–Trinajstić information content (AvgIpc) is 3.46. The van der Waals surface area contributed by atoms with Crippen LogP contribution in [-0.4, -0.2) is 151 Å². The second-order valence-corrected chi connectivity index (χ2v) is 22.4. The number of nitrogens with one attached hydrogen (secondary N) is 1. The maximum Gasteiger partial charge on any atom is 0.224 e. The molecule has 2 aromatic heterocycles. The van der Waals surface area contributed by atoms with Crippen molar-refractivity contribution in [3.63, 3.8) is 0 Å². The van der Waals surface area contributed by atoms with Crippen LogP contribution in [0.15, 0.2) is 146 Å². The van der Waals surface area contributed by atoms with Gasteiger partial charge >= 0.3 is 0 Å². The van der Waals surface area contributed by atoms with E-state index in [4.69, 9.17) is 87.4 Å². The number of alkyl halides is 1. The van der Waals surface area contributed by atoms with Crippen molar-refractivity contribution in [2.24, 2.45) is 0 Å². The van der Waals surface area contributed by atoms with Crippen LogP contribution in [0.1, 0.15) is 58.2 Å². The monoisotopic (exact) mass is 1160 g/mol. The van der Waals surface area contributed by atoms with Crippen LogP contribution in [0.5, 0.6) is 11.8 Å². The Morgan fingerprint density at radius 2 is 0.835 bits per heavy atom. The maximum absolute atomic E-state index is 6.35. The van der Waals surface area contributed by atoms with Crippen molar-refractivity contribution >= 4 is 79.8 Å². The smallest absolute Gasteiger partial charge is 0.224 e. The molecule has 0 saturated carbocycles. The van der Waals surface area contributed by atoms with E-state index >= 15 is 0 Å². The Hall–Kier alpha value is -5.19. The zero-order valence-corrected chi connectivity index (χ0v) is 49.3. The lowest BCUT2D eigenvalue weighted by Crippen LogP contribution is -2.47. The van der Waals surface area contributed by atoms with Crippen molar-refractivity contribution in [2.45, 2.75) is 37.4 Å². The predicted molar refractivity (Wildman–Crippen MR) is 327 cm³/mol. The van der Waals surface area contributed by atoms with E-state index in [2.05, 4.69) is 82.3 Å². The number of halogens is 5. The molecule has 0 radical (unpaired) electrons. The fourth-order valence-corrected chi connectivity index (χ4v) is 10.3. The molecule has 0 atom stereocenters. The van der Waals surface area contributed by atoms with E-state index in [1.165, 1.54) is 11.1 Å². The second kappa shape index (κ2) is 30.6. The summed E-state index contributed by atoms with van der Waals surface area (Å²) < 4.78 is 12.1. The van der Waals surface area contributed by atoms with Gasteiger partial charge in [-0.1, -0.05) is 119 Å². The summed E-state index contributed by atoms with van der Waals surface area (Å²) in [5, 5.41) is 8.07. The minimum atomic E-state index is -0.172. The largest absolute Gasteiger partial charge is 0.477 e. The van der Waals surface area contributed by atoms with E-state index in [0.717, 1.165) is 139 Å². The number of aromatic nitrogens is 4. The molecule has 0 unspecified atom stereocenters. The number of nitrogens with zero attached hydrogens (tertiary/aromatic N) is 9. The number of hydrogen-bond acceptors (Lipinski definition) is 12. The van der Waals surface area contributed by atoms with E-state index in [1.807, 2.05) is 121 Å². The Bertz CT molecular complexity index is 3020. The molecule has 2 aliphatic heterocycles. The molecule has 4 heterocycles. The van der Waals surface area contributed by atoms with Gasteiger partial charge in [-0.15, -0.1) is 11.6 Å². The summed E-state index contributed by atoms with van der Waals surface area (Å²) in [7, 11) is 8.30. The first-order valence-corrected chi connectivity index (χ1v) is 28.9. The third-order valence-electron chi connectivity index (χ3n) is 13.6. The van der Waals surface area contributed by atoms with Crippen LogP contribution in [-0.2, 0) is 13.1 Å². The highest BCUT2D eigenvalue weighted by atomic mass is 35.5. The Labute approximate surface area is 491 Å². The Morgan fingerprint density at radius 3 is 1.23 bits per heavy atom. The SMILES string of the molecule is CN(C)CCCOc1nc(CN2CCN(C(c3ccc(Cl)cc3)c3ccc(Cl)cc3)CC2)nc2ccccc12.CN(C)CCCOc1nc(CN2CCNCC2)nc2ccccc12.Clc1ccc(C(Cl)c2ccc(Cl)cc2)cc1. The fourth-order valence-electron chi connectivity index (χ4n) is 9.46. The van der Waals surface area contributed by atoms with Crippen LogP contribution in [0.3, 0.4) is 0 Å². The summed E-state index contributed by atoms with van der Waals surface area (Å²) in [5.41, 5.74) is 6.38. The van der Waals surface area contributed by atoms with Gasteiger partial charge in [-0.05, 0) is 136 Å². The topological polar surface area (TPSA) is 98.2 Å². The average molecular weight is 1170 g/mol. The number of hydrogen-bond donors (Lipinski definition) is 1. The molecule has 2 aliphatic rings. The molecular formula is C62H71Cl5N10O2. The first-order chi connectivity index (χ1) is 38.3. The van der Waals surface area contributed by atoms with Gasteiger partial charge < -0.3 is 24.6 Å². The highest BCUT2D eigenvalue weighted by Gasteiger charge is 2.27. The maximum atomic E-state index is 6.35. The first kappa shape index (κ1) is 59.9. The number of rotatable bonds is 19. The Kier molecular flexibility index (Phi) is 23.2. The first-order valence-electron chi connectivity index (χ1n) is 27.0. The van der Waals surface area contributed by atoms with E-state index in [-0.39, 0.29) is 11.4 Å². The predicted octanol–water partition coefficient (Wildman–Crippen LogP) is 12.9. The molecule has 10 rings (SSSR count). The molecular weight excluding hydrogens is 1090 g/mol. The van der Waals surface area contributed by atoms with Gasteiger partial charge in [-0.25, -0.2) is 9.97 Å². The molecule has 416 valence electrons. The van der Waals surface area contributed by atoms with Crippen molar-refractivity contribution in [3.05, 3.63) is 200 Å². The number of benzene rings is 6. The molecule has 0 amide bonds. The lowest BCUT2D eigenvalue weighted by atomic mass is 9.96. The standard InChI is InChI=1S/C31H35Cl2N5O.C18H27N5O.C13H9Cl3/c1-36(2)16-5-21-39-31-27-6-3-4-7-28(27)34-29(35-31)22-37-17-19-38(20-18-37)30(23-8-12-25(32)13-9-23)24-10-14-26(33)15-11-24;1-22(2)10-5-13-24-18-15-6-3-4-7-16(15)20-17(21-18)14-23-11-8-19-9-12-23;14-11-5-1-9(2-6-11)13(16)10-3-7-12(15)8-4-10/h3-4,6-15,30H,5,16-22H2,1-2H3;3-4,6-7,19H,5,8-14H2,1-2H3;1-8,13H. The fraction of sp³-hybridized carbons (Fsp3) is 0.355. The number of piperazine rings is 2. The summed E-state index contributed by atoms with van der Waals surface area (Å²) in [6.07, 6.45) is 1.93. The molecule has 2 saturated heterocycles. The summed E-state index contributed by atoms with van der Waals surface area (Å²) in [6, 6.07) is 47.7. The van der Waals surface area contributed by atoms with Crippen molar-refractivity contribution in [3.8, 4) is 11.8 Å². The van der Waals surface area contributed by atoms with Gasteiger partial charge in [0.1, 0.15) is 11.6 Å². The molecule has 0 aliphatic carbocycles. The molecule has 2 fully saturated rings. The third kappa shape index (κ3) is 18.4. The normalized spacial score (nSPS) is 14.4. The van der Waals surface area contributed by atoms with Crippen LogP contribution >= 0.6 is 58.0 Å². The van der Waals surface area contributed by atoms with Crippen LogP contribution in [0, 0.1) is 0 Å². The van der Waals surface area contributed by atoms with Gasteiger partial charge in [0, 0.05) is 85.5 Å². The van der Waals surface area contributed by atoms with Gasteiger partial charge in [0.2, 0.25) is 11.8 Å². The van der Waals surface area contributed by atoms with Crippen LogP contribution in [0.4, 0.5) is 0 Å². The lowest BCUT2D eigenvalue weighted by Gasteiger charge is -2.39. The van der Waals surface area contributed by atoms with Crippen LogP contribution in [0.25, 0.3) is 21.8 Å². The molecule has 0 spiro atoms. The van der Waals surface area contributed by atoms with Crippen molar-refractivity contribution in [1.82, 2.24) is 49.8 Å². The van der Waals surface area contributed by atoms with E-state index in [9.17, 15) is 0 Å². The second-order valence-electron chi connectivity index (χ2n) is 20.2. The minimum Gasteiger partial charge on any atom is -0.477 e. The minimum absolute atomic E-state index is 0.140. The van der Waals surface area contributed by atoms with E-state index in [0.29, 0.717) is 41.6 Å². The van der Waals surface area contributed by atoms with Crippen LogP contribution < -0.4 is 14.8 Å². The summed E-state index contributed by atoms with van der Waals surface area (Å²) >= 11 is 30.4. The lowest BCUT2D eigenvalue weighted by molar-refractivity contribution is 0.103. The third-order valence-corrected chi connectivity index (χ3v) is 15.1. The van der Waals surface area contributed by atoms with Gasteiger partial charge in [0.25, 0.3) is 0 Å². The molecule has 17 heteroatoms. The van der Waals surface area contributed by atoms with Crippen molar-refractivity contribution in [1.29, 1.82) is 0 Å². The Balaban J connectivity index is 0.000000174. The zero-order chi connectivity index (χ0) is 55.5. The van der Waals surface area contributed by atoms with Crippen molar-refractivity contribution in [2.75, 3.05) is 107 Å². The number of fused-ring (bicyclic) bond motifs is 2. The molecule has 0 bridgehead atoms. The number of para-hydroxylation sites is 2. The van der Waals surface area contributed by atoms with Gasteiger partial charge in [-0.3, -0.25) is 14.7 Å². The van der Waals surface area contributed by atoms with E-state index < -0.39 is 0 Å². The Morgan fingerprint density at radius 1 is 0.468 bits per heavy atom. The highest BCUT2D eigenvalue weighted by molar-refractivity contribution is 6.31. The molecule has 12 nitrogen and oxygen atoms in total. The summed E-state index contributed by atoms with van der Waals surface area (Å²) in [6.45, 7) is 12.6. The quantitative estimate of drug-likeness (QED) is 0.0617. The molecule has 79 heavy (non-hydrogen) atoms. The van der Waals surface area contributed by atoms with Gasteiger partial charge in [0.15, 0.2) is 0 Å². The summed E-state index contributed by atoms with van der Waals surface area (Å²) in [4.78, 5) is 30.8. The summed E-state index contributed by atoms with van der Waals surface area (Å²) in [5.74, 6) is 3.04. The van der Waals surface area contributed by atoms with Crippen LogP contribution in [0.2, 0.25) is 20.1 Å². The zero-order valence-electron chi connectivity index (χ0n) is 45.6. The van der Waals surface area contributed by atoms with Gasteiger partial charge in [-0.2, -0.15) is 9.97 Å². The van der Waals surface area contributed by atoms with E-state index in [1.54, 1.807) is 0 Å². The van der Waals surface area contributed by atoms with Gasteiger partial charge in [0.05, 0.1) is 59.5 Å². The number of ether oxygens (including phenoxy) is 2. The molecule has 6 aromatic carbocycles. The molecule has 1 N–H and O–H groups in total. The van der Waals surface area contributed by atoms with Crippen molar-refractivity contribution < 1.29 is 9.47 Å². The highest BCUT2D eigenvalue weighted by Crippen LogP contribution is 2.33.